The lowest BCUT2D eigenvalue weighted by atomic mass is 9.93. The summed E-state index contributed by atoms with van der Waals surface area (Å²) in [5, 5.41) is 0. The van der Waals surface area contributed by atoms with Crippen molar-refractivity contribution < 1.29 is 13.5 Å². The van der Waals surface area contributed by atoms with Crippen LogP contribution in [0.5, 0.6) is 5.75 Å². The van der Waals surface area contributed by atoms with E-state index in [4.69, 9.17) is 4.74 Å². The van der Waals surface area contributed by atoms with Crippen LogP contribution in [0, 0.1) is 11.6 Å². The highest BCUT2D eigenvalue weighted by Gasteiger charge is 2.13. The first kappa shape index (κ1) is 23.7. The van der Waals surface area contributed by atoms with Gasteiger partial charge < -0.3 is 4.74 Å². The fourth-order valence-corrected chi connectivity index (χ4v) is 4.26. The zero-order valence-electron chi connectivity index (χ0n) is 19.7. The van der Waals surface area contributed by atoms with Crippen LogP contribution in [0.4, 0.5) is 8.78 Å². The minimum atomic E-state index is -0.678. The molecule has 0 aromatic heterocycles. The van der Waals surface area contributed by atoms with E-state index in [1.54, 1.807) is 6.92 Å². The van der Waals surface area contributed by atoms with Crippen molar-refractivity contribution in [1.29, 1.82) is 0 Å². The topological polar surface area (TPSA) is 9.23 Å². The molecule has 4 rings (SSSR count). The summed E-state index contributed by atoms with van der Waals surface area (Å²) in [6.07, 6.45) is 2.88. The Balaban J connectivity index is 1.34. The molecule has 174 valence electrons. The number of rotatable bonds is 9. The Morgan fingerprint density at radius 2 is 1.21 bits per heavy atom. The van der Waals surface area contributed by atoms with Crippen molar-refractivity contribution in [2.45, 2.75) is 39.0 Å². The number of benzene rings is 4. The first-order valence-corrected chi connectivity index (χ1v) is 11.9. The molecule has 4 aromatic carbocycles. The molecule has 1 nitrogen and oxygen atoms in total. The lowest BCUT2D eigenvalue weighted by Gasteiger charge is -2.12. The molecule has 0 bridgehead atoms. The Bertz CT molecular complexity index is 1180. The van der Waals surface area contributed by atoms with Gasteiger partial charge in [0.2, 0.25) is 0 Å². The molecule has 0 saturated heterocycles. The summed E-state index contributed by atoms with van der Waals surface area (Å²) in [6, 6.07) is 30.0. The predicted molar refractivity (Wildman–Crippen MR) is 135 cm³/mol. The second-order valence-corrected chi connectivity index (χ2v) is 8.73. The van der Waals surface area contributed by atoms with Crippen LogP contribution in [0.2, 0.25) is 0 Å². The van der Waals surface area contributed by atoms with Crippen molar-refractivity contribution in [1.82, 2.24) is 0 Å². The van der Waals surface area contributed by atoms with Crippen molar-refractivity contribution in [3.8, 4) is 16.9 Å². The molecule has 0 saturated carbocycles. The minimum absolute atomic E-state index is 0.220. The molecule has 0 amide bonds. The van der Waals surface area contributed by atoms with E-state index >= 15 is 0 Å². The molecule has 0 unspecified atom stereocenters. The minimum Gasteiger partial charge on any atom is -0.488 e. The molecule has 3 heteroatoms. The zero-order chi connectivity index (χ0) is 23.9. The third-order valence-corrected chi connectivity index (χ3v) is 6.21. The van der Waals surface area contributed by atoms with Crippen LogP contribution in [-0.4, -0.2) is 6.61 Å². The Hall–Kier alpha value is -3.46. The number of hydrogen-bond acceptors (Lipinski definition) is 1. The number of ether oxygens (including phenoxy) is 1. The van der Waals surface area contributed by atoms with Gasteiger partial charge in [0, 0.05) is 0 Å². The maximum atomic E-state index is 14.2. The van der Waals surface area contributed by atoms with Crippen LogP contribution in [0.3, 0.4) is 0 Å². The number of hydrogen-bond donors (Lipinski definition) is 0. The molecule has 0 radical (unpaired) electrons. The lowest BCUT2D eigenvalue weighted by molar-refractivity contribution is 0.303. The van der Waals surface area contributed by atoms with Crippen molar-refractivity contribution in [3.63, 3.8) is 0 Å². The molecule has 0 N–H and O–H groups in total. The normalized spacial score (nSPS) is 11.9. The van der Waals surface area contributed by atoms with Crippen molar-refractivity contribution in [2.75, 3.05) is 6.61 Å². The zero-order valence-corrected chi connectivity index (χ0v) is 19.7. The van der Waals surface area contributed by atoms with Gasteiger partial charge in [-0.3, -0.25) is 0 Å². The molecule has 0 aliphatic carbocycles. The van der Waals surface area contributed by atoms with Crippen LogP contribution in [0.15, 0.2) is 91.0 Å². The molecule has 0 heterocycles. The highest BCUT2D eigenvalue weighted by molar-refractivity contribution is 5.65. The van der Waals surface area contributed by atoms with E-state index in [9.17, 15) is 8.78 Å². The van der Waals surface area contributed by atoms with E-state index in [1.165, 1.54) is 34.4 Å². The van der Waals surface area contributed by atoms with Gasteiger partial charge in [-0.1, -0.05) is 85.8 Å². The molecule has 4 aromatic rings. The molecule has 1 atom stereocenters. The molecule has 0 aliphatic heterocycles. The van der Waals surface area contributed by atoms with Crippen molar-refractivity contribution in [2.24, 2.45) is 0 Å². The van der Waals surface area contributed by atoms with Crippen LogP contribution < -0.4 is 4.74 Å². The molecular formula is C31H30F2O. The molecule has 0 spiro atoms. The Morgan fingerprint density at radius 3 is 1.76 bits per heavy atom. The summed E-state index contributed by atoms with van der Waals surface area (Å²) >= 11 is 0. The second-order valence-electron chi connectivity index (χ2n) is 8.73. The van der Waals surface area contributed by atoms with Gasteiger partial charge in [0.15, 0.2) is 17.4 Å². The van der Waals surface area contributed by atoms with Crippen molar-refractivity contribution in [3.05, 3.63) is 125 Å². The van der Waals surface area contributed by atoms with E-state index in [0.717, 1.165) is 24.8 Å². The second kappa shape index (κ2) is 11.1. The van der Waals surface area contributed by atoms with E-state index in [0.29, 0.717) is 11.5 Å². The maximum Gasteiger partial charge on any atom is 0.190 e. The summed E-state index contributed by atoms with van der Waals surface area (Å²) in [4.78, 5) is 0. The van der Waals surface area contributed by atoms with Crippen LogP contribution >= 0.6 is 0 Å². The molecule has 34 heavy (non-hydrogen) atoms. The smallest absolute Gasteiger partial charge is 0.190 e. The van der Waals surface area contributed by atoms with E-state index < -0.39 is 11.6 Å². The molecular weight excluding hydrogens is 426 g/mol. The van der Waals surface area contributed by atoms with Gasteiger partial charge in [-0.25, -0.2) is 8.78 Å². The lowest BCUT2D eigenvalue weighted by Crippen LogP contribution is -1.99. The SMILES string of the molecule is CCOc1c(F)cc(-c2ccc(CCc3ccc(C[C@H](C)c4ccccc4)cc3)cc2)cc1F. The first-order chi connectivity index (χ1) is 16.5. The van der Waals surface area contributed by atoms with Crippen molar-refractivity contribution >= 4 is 0 Å². The summed E-state index contributed by atoms with van der Waals surface area (Å²) in [5.74, 6) is -1.18. The summed E-state index contributed by atoms with van der Waals surface area (Å²) in [5.41, 5.74) is 6.49. The van der Waals surface area contributed by atoms with Gasteiger partial charge >= 0.3 is 0 Å². The van der Waals surface area contributed by atoms with Gasteiger partial charge in [0.05, 0.1) is 6.61 Å². The number of halogens is 2. The van der Waals surface area contributed by atoms with E-state index in [-0.39, 0.29) is 12.4 Å². The highest BCUT2D eigenvalue weighted by Crippen LogP contribution is 2.29. The fourth-order valence-electron chi connectivity index (χ4n) is 4.26. The van der Waals surface area contributed by atoms with Crippen LogP contribution in [-0.2, 0) is 19.3 Å². The van der Waals surface area contributed by atoms with Crippen LogP contribution in [0.1, 0.15) is 42.0 Å². The average Bonchev–Trinajstić information content (AvgIpc) is 2.86. The molecule has 0 aliphatic rings. The fraction of sp³-hybridized carbons (Fsp3) is 0.226. The highest BCUT2D eigenvalue weighted by atomic mass is 19.1. The molecule has 0 fully saturated rings. The quantitative estimate of drug-likeness (QED) is 0.247. The van der Waals surface area contributed by atoms with Crippen LogP contribution in [0.25, 0.3) is 11.1 Å². The Kier molecular flexibility index (Phi) is 7.74. The van der Waals surface area contributed by atoms with E-state index in [1.807, 2.05) is 24.3 Å². The average molecular weight is 457 g/mol. The Morgan fingerprint density at radius 1 is 0.676 bits per heavy atom. The van der Waals surface area contributed by atoms with Gasteiger partial charge in [0.1, 0.15) is 0 Å². The van der Waals surface area contributed by atoms with E-state index in [2.05, 4.69) is 61.5 Å². The van der Waals surface area contributed by atoms with Gasteiger partial charge in [-0.2, -0.15) is 0 Å². The largest absolute Gasteiger partial charge is 0.488 e. The maximum absolute atomic E-state index is 14.2. The third kappa shape index (κ3) is 5.91. The Labute approximate surface area is 201 Å². The standard InChI is InChI=1S/C31H30F2O/c1-3-34-31-29(32)20-28(21-30(31)33)27-17-15-24(16-18-27)10-9-23-11-13-25(14-12-23)19-22(2)26-7-5-4-6-8-26/h4-8,11-18,20-22H,3,9-10,19H2,1-2H3/t22-/m0/s1. The third-order valence-electron chi connectivity index (χ3n) is 6.21. The predicted octanol–water partition coefficient (Wildman–Crippen LogP) is 8.16. The number of aryl methyl sites for hydroxylation is 2. The van der Waals surface area contributed by atoms with Gasteiger partial charge in [-0.05, 0) is 77.6 Å². The summed E-state index contributed by atoms with van der Waals surface area (Å²) in [7, 11) is 0. The first-order valence-electron chi connectivity index (χ1n) is 11.9. The summed E-state index contributed by atoms with van der Waals surface area (Å²) in [6.45, 7) is 4.19. The monoisotopic (exact) mass is 456 g/mol. The van der Waals surface area contributed by atoms with Gasteiger partial charge in [0.25, 0.3) is 0 Å². The summed E-state index contributed by atoms with van der Waals surface area (Å²) < 4.78 is 33.4. The van der Waals surface area contributed by atoms with Gasteiger partial charge in [-0.15, -0.1) is 0 Å².